The summed E-state index contributed by atoms with van der Waals surface area (Å²) in [5.74, 6) is 0.772. The molecule has 7 nitrogen and oxygen atoms in total. The van der Waals surface area contributed by atoms with E-state index >= 15 is 0 Å². The third-order valence-electron chi connectivity index (χ3n) is 2.09. The summed E-state index contributed by atoms with van der Waals surface area (Å²) in [6.07, 6.45) is 1.20. The van der Waals surface area contributed by atoms with Crippen molar-refractivity contribution in [1.82, 2.24) is 9.88 Å². The quantitative estimate of drug-likeness (QED) is 0.318. The van der Waals surface area contributed by atoms with E-state index in [9.17, 15) is 10.1 Å². The first-order chi connectivity index (χ1) is 7.47. The maximum Gasteiger partial charge on any atom is 0.288 e. The van der Waals surface area contributed by atoms with Crippen LogP contribution in [-0.2, 0) is 0 Å². The number of hydrogen-bond acceptors (Lipinski definition) is 4. The van der Waals surface area contributed by atoms with Gasteiger partial charge < -0.3 is 4.90 Å². The van der Waals surface area contributed by atoms with E-state index < -0.39 is 4.92 Å². The van der Waals surface area contributed by atoms with E-state index in [1.54, 1.807) is 31.4 Å². The number of nitrogens with two attached hydrogens (primary N) is 1. The van der Waals surface area contributed by atoms with Crippen LogP contribution in [0.2, 0.25) is 0 Å². The van der Waals surface area contributed by atoms with Crippen LogP contribution in [0.25, 0.3) is 0 Å². The molecule has 0 spiro atoms. The second-order valence-electron chi connectivity index (χ2n) is 3.42. The number of nitrogens with zero attached hydrogens (tertiary/aromatic N) is 3. The van der Waals surface area contributed by atoms with Crippen molar-refractivity contribution < 1.29 is 10.2 Å². The topological polar surface area (TPSA) is 99.7 Å². The minimum Gasteiger partial charge on any atom is -0.362 e. The zero-order chi connectivity index (χ0) is 12.3. The molecule has 1 rings (SSSR count). The normalized spacial score (nSPS) is 9.94. The Morgan fingerprint density at radius 2 is 2.25 bits per heavy atom. The lowest BCUT2D eigenvalue weighted by atomic mass is 10.2. The first kappa shape index (κ1) is 12.1. The minimum absolute atomic E-state index is 0.104. The number of rotatable bonds is 3. The molecule has 0 bridgehead atoms. The van der Waals surface area contributed by atoms with Gasteiger partial charge in [-0.1, -0.05) is 0 Å². The second kappa shape index (κ2) is 4.67. The zero-order valence-corrected chi connectivity index (χ0v) is 9.39. The molecule has 0 aromatic carbocycles. The summed E-state index contributed by atoms with van der Waals surface area (Å²) >= 11 is 0. The van der Waals surface area contributed by atoms with Gasteiger partial charge in [0, 0.05) is 20.2 Å². The fourth-order valence-electron chi connectivity index (χ4n) is 1.22. The predicted octanol–water partition coefficient (Wildman–Crippen LogP) is -0.299. The molecule has 1 heterocycles. The predicted molar refractivity (Wildman–Crippen MR) is 58.9 cm³/mol. The first-order valence-corrected chi connectivity index (χ1v) is 4.67. The molecule has 0 unspecified atom stereocenters. The van der Waals surface area contributed by atoms with E-state index in [0.29, 0.717) is 11.4 Å². The van der Waals surface area contributed by atoms with Gasteiger partial charge in [0.2, 0.25) is 5.82 Å². The largest absolute Gasteiger partial charge is 0.362 e. The van der Waals surface area contributed by atoms with E-state index in [0.717, 1.165) is 0 Å². The molecule has 0 aliphatic rings. The Morgan fingerprint density at radius 1 is 1.62 bits per heavy atom. The summed E-state index contributed by atoms with van der Waals surface area (Å²) in [6, 6.07) is 1.37. The molecule has 0 saturated heterocycles. The Hall–Kier alpha value is -2.02. The van der Waals surface area contributed by atoms with Crippen molar-refractivity contribution in [2.45, 2.75) is 0 Å². The van der Waals surface area contributed by atoms with Gasteiger partial charge in [0.1, 0.15) is 17.6 Å². The van der Waals surface area contributed by atoms with E-state index in [1.165, 1.54) is 12.3 Å². The lowest BCUT2D eigenvalue weighted by molar-refractivity contribution is -0.543. The number of amidine groups is 1. The molecule has 0 atom stereocenters. The number of aromatic nitrogens is 1. The Balaban J connectivity index is 3.27. The van der Waals surface area contributed by atoms with Crippen LogP contribution in [0.5, 0.6) is 0 Å². The van der Waals surface area contributed by atoms with E-state index in [4.69, 9.17) is 5.41 Å². The molecule has 0 saturated carbocycles. The highest BCUT2D eigenvalue weighted by molar-refractivity contribution is 5.99. The Labute approximate surface area is 92.8 Å². The van der Waals surface area contributed by atoms with Crippen molar-refractivity contribution >= 4 is 17.3 Å². The lowest BCUT2D eigenvalue weighted by Gasteiger charge is -2.13. The molecule has 1 aromatic rings. The molecule has 3 N–H and O–H groups in total. The van der Waals surface area contributed by atoms with E-state index in [-0.39, 0.29) is 11.5 Å². The number of nitro groups is 1. The van der Waals surface area contributed by atoms with Gasteiger partial charge in [-0.25, -0.2) is 0 Å². The third-order valence-corrected chi connectivity index (χ3v) is 2.09. The monoisotopic (exact) mass is 224 g/mol. The molecular weight excluding hydrogens is 210 g/mol. The summed E-state index contributed by atoms with van der Waals surface area (Å²) in [6.45, 7) is 0. The smallest absolute Gasteiger partial charge is 0.288 e. The average molecular weight is 224 g/mol. The Kier molecular flexibility index (Phi) is 3.51. The maximum atomic E-state index is 10.6. The standard InChI is InChI=1S/C9H13N5O2/c1-11-9-7(8(10)13(2)3)4-6(5-12-9)14(15)16/h4-5,10H,1-3H3,(H,11,12)/p+1. The van der Waals surface area contributed by atoms with Gasteiger partial charge in [-0.15, -0.1) is 0 Å². The fourth-order valence-corrected chi connectivity index (χ4v) is 1.22. The fraction of sp³-hybridized carbons (Fsp3) is 0.333. The molecule has 0 radical (unpaired) electrons. The molecule has 7 heteroatoms. The lowest BCUT2D eigenvalue weighted by Crippen LogP contribution is -2.74. The minimum atomic E-state index is -0.515. The van der Waals surface area contributed by atoms with Crippen LogP contribution >= 0.6 is 0 Å². The van der Waals surface area contributed by atoms with Crippen LogP contribution in [0, 0.1) is 15.5 Å². The first-order valence-electron chi connectivity index (χ1n) is 4.67. The SMILES string of the molecule is C[NH2+]c1ncc([N+](=O)[O-])cc1C(=N)N(C)C. The van der Waals surface area contributed by atoms with Crippen LogP contribution in [0.1, 0.15) is 5.56 Å². The molecule has 0 amide bonds. The molecule has 1 aromatic heterocycles. The van der Waals surface area contributed by atoms with Crippen molar-refractivity contribution in [1.29, 1.82) is 5.41 Å². The number of nitrogens with one attached hydrogen (secondary N) is 1. The number of hydrogen-bond donors (Lipinski definition) is 2. The van der Waals surface area contributed by atoms with Crippen molar-refractivity contribution in [3.8, 4) is 0 Å². The van der Waals surface area contributed by atoms with Gasteiger partial charge in [-0.2, -0.15) is 4.98 Å². The van der Waals surface area contributed by atoms with Crippen LogP contribution in [0.15, 0.2) is 12.3 Å². The summed E-state index contributed by atoms with van der Waals surface area (Å²) < 4.78 is 0. The third kappa shape index (κ3) is 2.31. The Bertz CT molecular complexity index is 430. The van der Waals surface area contributed by atoms with E-state index in [2.05, 4.69) is 4.98 Å². The molecule has 86 valence electrons. The summed E-state index contributed by atoms with van der Waals surface area (Å²) in [5, 5.41) is 20.1. The van der Waals surface area contributed by atoms with Crippen LogP contribution < -0.4 is 5.32 Å². The van der Waals surface area contributed by atoms with Gasteiger partial charge in [0.15, 0.2) is 0 Å². The molecule has 0 aliphatic heterocycles. The number of pyridine rings is 1. The van der Waals surface area contributed by atoms with Gasteiger partial charge in [-0.05, 0) is 0 Å². The molecule has 0 fully saturated rings. The van der Waals surface area contributed by atoms with Crippen LogP contribution in [-0.4, -0.2) is 41.8 Å². The van der Waals surface area contributed by atoms with Gasteiger partial charge in [0.25, 0.3) is 5.69 Å². The van der Waals surface area contributed by atoms with Crippen LogP contribution in [0.4, 0.5) is 11.5 Å². The van der Waals surface area contributed by atoms with Gasteiger partial charge >= 0.3 is 0 Å². The van der Waals surface area contributed by atoms with Crippen LogP contribution in [0.3, 0.4) is 0 Å². The van der Waals surface area contributed by atoms with Crippen molar-refractivity contribution in [2.75, 3.05) is 21.1 Å². The highest BCUT2D eigenvalue weighted by atomic mass is 16.6. The van der Waals surface area contributed by atoms with E-state index in [1.807, 2.05) is 0 Å². The highest BCUT2D eigenvalue weighted by Gasteiger charge is 2.18. The molecule has 16 heavy (non-hydrogen) atoms. The summed E-state index contributed by atoms with van der Waals surface area (Å²) in [5.41, 5.74) is 0.355. The maximum absolute atomic E-state index is 10.6. The summed E-state index contributed by atoms with van der Waals surface area (Å²) in [4.78, 5) is 15.6. The zero-order valence-electron chi connectivity index (χ0n) is 9.39. The second-order valence-corrected chi connectivity index (χ2v) is 3.42. The average Bonchev–Trinajstić information content (AvgIpc) is 2.26. The van der Waals surface area contributed by atoms with Gasteiger partial charge in [0.05, 0.1) is 12.0 Å². The van der Waals surface area contributed by atoms with Crippen molar-refractivity contribution in [3.05, 3.63) is 27.9 Å². The summed E-state index contributed by atoms with van der Waals surface area (Å²) in [7, 11) is 5.20. The Morgan fingerprint density at radius 3 is 2.69 bits per heavy atom. The molecule has 0 aliphatic carbocycles. The molecular formula is C9H14N5O2+. The number of quaternary nitrogens is 1. The van der Waals surface area contributed by atoms with Crippen molar-refractivity contribution in [2.24, 2.45) is 0 Å². The highest BCUT2D eigenvalue weighted by Crippen LogP contribution is 2.16. The van der Waals surface area contributed by atoms with Crippen molar-refractivity contribution in [3.63, 3.8) is 0 Å². The van der Waals surface area contributed by atoms with Gasteiger partial charge in [-0.3, -0.25) is 20.8 Å².